The van der Waals surface area contributed by atoms with E-state index in [1.54, 1.807) is 13.3 Å². The predicted octanol–water partition coefficient (Wildman–Crippen LogP) is 3.41. The lowest BCUT2D eigenvalue weighted by molar-refractivity contribution is 0.415. The van der Waals surface area contributed by atoms with Gasteiger partial charge in [-0.1, -0.05) is 24.3 Å². The zero-order valence-corrected chi connectivity index (χ0v) is 12.9. The van der Waals surface area contributed by atoms with Crippen LogP contribution in [0.2, 0.25) is 0 Å². The molecule has 0 unspecified atom stereocenters. The average Bonchev–Trinajstić information content (AvgIpc) is 2.63. The number of aromatic nitrogens is 2. The van der Waals surface area contributed by atoms with Gasteiger partial charge in [-0.15, -0.1) is 0 Å². The molecular weight excluding hydrogens is 288 g/mol. The Kier molecular flexibility index (Phi) is 4.49. The minimum atomic E-state index is 0.424. The Morgan fingerprint density at radius 2 is 1.91 bits per heavy atom. The van der Waals surface area contributed by atoms with Crippen molar-refractivity contribution in [3.05, 3.63) is 72.7 Å². The second kappa shape index (κ2) is 6.89. The maximum atomic E-state index is 5.94. The minimum Gasteiger partial charge on any atom is -0.497 e. The zero-order chi connectivity index (χ0) is 16.1. The molecule has 1 heterocycles. The lowest BCUT2D eigenvalue weighted by Crippen LogP contribution is -2.15. The summed E-state index contributed by atoms with van der Waals surface area (Å²) in [7, 11) is 1.65. The lowest BCUT2D eigenvalue weighted by Gasteiger charge is -2.26. The molecular formula is C18H18N4O. The van der Waals surface area contributed by atoms with E-state index in [4.69, 9.17) is 10.5 Å². The van der Waals surface area contributed by atoms with Gasteiger partial charge in [0.25, 0.3) is 0 Å². The fraction of sp³-hybridized carbons (Fsp3) is 0.111. The van der Waals surface area contributed by atoms with Crippen molar-refractivity contribution in [1.29, 1.82) is 0 Å². The van der Waals surface area contributed by atoms with Gasteiger partial charge in [-0.3, -0.25) is 4.90 Å². The Labute approximate surface area is 135 Å². The van der Waals surface area contributed by atoms with Gasteiger partial charge in [0.05, 0.1) is 12.8 Å². The van der Waals surface area contributed by atoms with Gasteiger partial charge in [0.15, 0.2) is 0 Å². The van der Waals surface area contributed by atoms with E-state index < -0.39 is 0 Å². The molecule has 0 spiro atoms. The number of rotatable bonds is 5. The molecule has 0 aliphatic heterocycles. The standard InChI is InChI=1S/C18H18N4O/c1-23-16-8-7-14(12-19)17(11-16)22(15-5-3-2-4-6-15)18-9-10-20-13-21-18/h2-11,13H,12,19H2,1H3. The van der Waals surface area contributed by atoms with Gasteiger partial charge >= 0.3 is 0 Å². The van der Waals surface area contributed by atoms with Crippen LogP contribution in [-0.4, -0.2) is 17.1 Å². The van der Waals surface area contributed by atoms with Crippen LogP contribution in [0.15, 0.2) is 67.1 Å². The lowest BCUT2D eigenvalue weighted by atomic mass is 10.1. The van der Waals surface area contributed by atoms with Crippen LogP contribution in [0.4, 0.5) is 17.2 Å². The van der Waals surface area contributed by atoms with Crippen molar-refractivity contribution >= 4 is 17.2 Å². The molecule has 3 aromatic rings. The van der Waals surface area contributed by atoms with E-state index in [2.05, 4.69) is 9.97 Å². The maximum absolute atomic E-state index is 5.94. The molecule has 5 nitrogen and oxygen atoms in total. The van der Waals surface area contributed by atoms with Gasteiger partial charge < -0.3 is 10.5 Å². The molecule has 116 valence electrons. The van der Waals surface area contributed by atoms with Gasteiger partial charge in [-0.25, -0.2) is 9.97 Å². The number of hydrogen-bond donors (Lipinski definition) is 1. The first kappa shape index (κ1) is 15.0. The molecule has 0 saturated heterocycles. The largest absolute Gasteiger partial charge is 0.497 e. The Hall–Kier alpha value is -2.92. The molecule has 1 aromatic heterocycles. The van der Waals surface area contributed by atoms with E-state index in [0.29, 0.717) is 6.54 Å². The smallest absolute Gasteiger partial charge is 0.140 e. The van der Waals surface area contributed by atoms with E-state index in [9.17, 15) is 0 Å². The van der Waals surface area contributed by atoms with Crippen molar-refractivity contribution in [3.63, 3.8) is 0 Å². The van der Waals surface area contributed by atoms with E-state index in [1.165, 1.54) is 6.33 Å². The fourth-order valence-electron chi connectivity index (χ4n) is 2.44. The summed E-state index contributed by atoms with van der Waals surface area (Å²) >= 11 is 0. The van der Waals surface area contributed by atoms with Gasteiger partial charge in [-0.05, 0) is 29.8 Å². The van der Waals surface area contributed by atoms with E-state index >= 15 is 0 Å². The van der Waals surface area contributed by atoms with Gasteiger partial charge in [0.1, 0.15) is 17.9 Å². The summed E-state index contributed by atoms with van der Waals surface area (Å²) in [6.07, 6.45) is 3.26. The molecule has 0 atom stereocenters. The Balaban J connectivity index is 2.20. The summed E-state index contributed by atoms with van der Waals surface area (Å²) in [5.74, 6) is 1.54. The summed E-state index contributed by atoms with van der Waals surface area (Å²) in [6, 6.07) is 17.8. The Morgan fingerprint density at radius 1 is 1.09 bits per heavy atom. The number of nitrogens with zero attached hydrogens (tertiary/aromatic N) is 3. The molecule has 0 aliphatic rings. The van der Waals surface area contributed by atoms with Crippen molar-refractivity contribution in [2.24, 2.45) is 5.73 Å². The van der Waals surface area contributed by atoms with Crippen LogP contribution < -0.4 is 15.4 Å². The molecule has 0 radical (unpaired) electrons. The van der Waals surface area contributed by atoms with Crippen molar-refractivity contribution in [2.75, 3.05) is 12.0 Å². The highest BCUT2D eigenvalue weighted by molar-refractivity contribution is 5.77. The number of hydrogen-bond acceptors (Lipinski definition) is 5. The first-order chi connectivity index (χ1) is 11.3. The first-order valence-electron chi connectivity index (χ1n) is 7.31. The molecule has 23 heavy (non-hydrogen) atoms. The number of ether oxygens (including phenoxy) is 1. The van der Waals surface area contributed by atoms with E-state index in [1.807, 2.05) is 59.5 Å². The summed E-state index contributed by atoms with van der Waals surface area (Å²) < 4.78 is 5.38. The monoisotopic (exact) mass is 306 g/mol. The molecule has 0 amide bonds. The van der Waals surface area contributed by atoms with Crippen molar-refractivity contribution in [2.45, 2.75) is 6.54 Å². The summed E-state index contributed by atoms with van der Waals surface area (Å²) in [4.78, 5) is 10.4. The molecule has 0 aliphatic carbocycles. The van der Waals surface area contributed by atoms with Gasteiger partial charge in [0.2, 0.25) is 0 Å². The van der Waals surface area contributed by atoms with Gasteiger partial charge in [-0.2, -0.15) is 0 Å². The summed E-state index contributed by atoms with van der Waals surface area (Å²) in [5, 5.41) is 0. The van der Waals surface area contributed by atoms with Crippen LogP contribution >= 0.6 is 0 Å². The van der Waals surface area contributed by atoms with Crippen LogP contribution in [0.25, 0.3) is 0 Å². The zero-order valence-electron chi connectivity index (χ0n) is 12.9. The number of benzene rings is 2. The second-order valence-corrected chi connectivity index (χ2v) is 4.94. The van der Waals surface area contributed by atoms with E-state index in [0.717, 1.165) is 28.5 Å². The SMILES string of the molecule is COc1ccc(CN)c(N(c2ccccc2)c2ccncn2)c1. The molecule has 0 saturated carbocycles. The second-order valence-electron chi connectivity index (χ2n) is 4.94. The number of methoxy groups -OCH3 is 1. The van der Waals surface area contributed by atoms with Crippen LogP contribution in [0.1, 0.15) is 5.56 Å². The third kappa shape index (κ3) is 3.14. The van der Waals surface area contributed by atoms with Crippen molar-refractivity contribution < 1.29 is 4.74 Å². The summed E-state index contributed by atoms with van der Waals surface area (Å²) in [6.45, 7) is 0.424. The molecule has 2 N–H and O–H groups in total. The predicted molar refractivity (Wildman–Crippen MR) is 91.2 cm³/mol. The maximum Gasteiger partial charge on any atom is 0.140 e. The highest BCUT2D eigenvalue weighted by atomic mass is 16.5. The molecule has 0 fully saturated rings. The number of anilines is 3. The molecule has 0 bridgehead atoms. The highest BCUT2D eigenvalue weighted by Crippen LogP contribution is 2.36. The summed E-state index contributed by atoms with van der Waals surface area (Å²) in [5.41, 5.74) is 8.88. The van der Waals surface area contributed by atoms with E-state index in [-0.39, 0.29) is 0 Å². The van der Waals surface area contributed by atoms with Crippen molar-refractivity contribution in [1.82, 2.24) is 9.97 Å². The molecule has 2 aromatic carbocycles. The molecule has 3 rings (SSSR count). The Bertz CT molecular complexity index is 723. The third-order valence-electron chi connectivity index (χ3n) is 3.56. The third-order valence-corrected chi connectivity index (χ3v) is 3.56. The van der Waals surface area contributed by atoms with Gasteiger partial charge in [0, 0.05) is 24.5 Å². The van der Waals surface area contributed by atoms with Crippen molar-refractivity contribution in [3.8, 4) is 5.75 Å². The average molecular weight is 306 g/mol. The van der Waals surface area contributed by atoms with Crippen LogP contribution in [-0.2, 0) is 6.54 Å². The minimum absolute atomic E-state index is 0.424. The molecule has 5 heteroatoms. The highest BCUT2D eigenvalue weighted by Gasteiger charge is 2.17. The fourth-order valence-corrected chi connectivity index (χ4v) is 2.44. The number of para-hydroxylation sites is 1. The van der Waals surface area contributed by atoms with Crippen LogP contribution in [0.5, 0.6) is 5.75 Å². The van der Waals surface area contributed by atoms with Crippen LogP contribution in [0.3, 0.4) is 0 Å². The van der Waals surface area contributed by atoms with Crippen LogP contribution in [0, 0.1) is 0 Å². The normalized spacial score (nSPS) is 10.3. The first-order valence-corrected chi connectivity index (χ1v) is 7.31. The Morgan fingerprint density at radius 3 is 2.57 bits per heavy atom. The number of nitrogens with two attached hydrogens (primary N) is 1. The topological polar surface area (TPSA) is 64.3 Å². The quantitative estimate of drug-likeness (QED) is 0.782.